The molecule has 0 radical (unpaired) electrons. The van der Waals surface area contributed by atoms with Crippen molar-refractivity contribution in [1.29, 1.82) is 0 Å². The van der Waals surface area contributed by atoms with Gasteiger partial charge in [0, 0.05) is 42.5 Å². The second-order valence-electron chi connectivity index (χ2n) is 24.1. The summed E-state index contributed by atoms with van der Waals surface area (Å²) in [7, 11) is 0. The molecule has 2 N–H and O–H groups in total. The van der Waals surface area contributed by atoms with Crippen molar-refractivity contribution < 1.29 is 74.8 Å². The highest BCUT2D eigenvalue weighted by Gasteiger charge is 2.72. The first kappa shape index (κ1) is 52.7. The maximum absolute atomic E-state index is 13.2. The predicted molar refractivity (Wildman–Crippen MR) is 249 cm³/mol. The summed E-state index contributed by atoms with van der Waals surface area (Å²) in [6.07, 6.45) is -1.97. The van der Waals surface area contributed by atoms with Gasteiger partial charge >= 0.3 is 12.4 Å². The van der Waals surface area contributed by atoms with E-state index in [1.807, 2.05) is 34.6 Å². The van der Waals surface area contributed by atoms with E-state index in [1.165, 1.54) is 12.5 Å². The number of rotatable bonds is 6. The summed E-state index contributed by atoms with van der Waals surface area (Å²) >= 11 is 0. The van der Waals surface area contributed by atoms with Crippen LogP contribution in [0.1, 0.15) is 162 Å². The van der Waals surface area contributed by atoms with Gasteiger partial charge in [0.2, 0.25) is 11.6 Å². The molecule has 13 nitrogen and oxygen atoms in total. The van der Waals surface area contributed by atoms with Crippen LogP contribution in [-0.4, -0.2) is 81.6 Å². The number of piperidine rings is 1. The van der Waals surface area contributed by atoms with E-state index < -0.39 is 82.2 Å². The molecular weight excluding hydrogens is 953 g/mol. The number of alkyl halides is 6. The summed E-state index contributed by atoms with van der Waals surface area (Å²) in [5, 5.41) is 18.4. The lowest BCUT2D eigenvalue weighted by atomic mass is 9.56. The average Bonchev–Trinajstić information content (AvgIpc) is 3.70. The van der Waals surface area contributed by atoms with Crippen molar-refractivity contribution in [2.24, 2.45) is 52.5 Å². The highest BCUT2D eigenvalue weighted by molar-refractivity contribution is 5.89. The van der Waals surface area contributed by atoms with Gasteiger partial charge in [0.25, 0.3) is 0 Å². The highest BCUT2D eigenvalue weighted by atomic mass is 19.4. The van der Waals surface area contributed by atoms with E-state index >= 15 is 0 Å². The van der Waals surface area contributed by atoms with Gasteiger partial charge in [-0.05, 0) is 146 Å². The molecule has 19 heteroatoms. The normalized spacial score (nSPS) is 43.4. The molecule has 9 aliphatic heterocycles. The van der Waals surface area contributed by atoms with Crippen LogP contribution in [0.3, 0.4) is 0 Å². The Morgan fingerprint density at radius 3 is 1.92 bits per heavy atom. The van der Waals surface area contributed by atoms with Crippen LogP contribution in [0.5, 0.6) is 0 Å². The third-order valence-corrected chi connectivity index (χ3v) is 18.1. The van der Waals surface area contributed by atoms with Crippen LogP contribution in [0, 0.1) is 47.3 Å². The number of ether oxygens (including phenoxy) is 4. The Balaban J connectivity index is 0.000000195. The van der Waals surface area contributed by atoms with Crippen molar-refractivity contribution in [3.63, 3.8) is 0 Å². The van der Waals surface area contributed by atoms with E-state index in [2.05, 4.69) is 38.0 Å². The zero-order chi connectivity index (χ0) is 51.6. The number of halogens is 6. The first-order chi connectivity index (χ1) is 33.8. The van der Waals surface area contributed by atoms with Gasteiger partial charge < -0.3 is 34.2 Å². The molecule has 2 aromatic rings. The topological polar surface area (TPSA) is 141 Å². The standard InChI is InChI=1S/C36H57NO9.C17H16F6N2O/c1-19-10-12-25-21(3)28(38-30-35(25)23(19)14-16-33(8,40-30)43-45-35)18-27(37-42-32(5,6)7)29-22(4)26-13-11-20(2)24-15-17-34(9)41-31(39-29)36(24,26)46-44-34;18-16(19,20)11-5-3-4-9-10(15(26)12-6-1-2-7-24-12)8-13(17(21,22)23)25-14(9)11/h19-26,28-31H,10-18H2,1-9H3;3-5,8,12,15,24,26H,1-2,6-7H2/b37-27-;/t19-,20-,21-,22-,23+,24+,25+,26+,28-,29+,30-,31-,33?,34?,35-,36-;12-,15+/m11/s1. The molecule has 11 aliphatic rings. The molecule has 18 atom stereocenters. The number of oxime groups is 1. The number of fused-ring (bicyclic) bond motifs is 5. The van der Waals surface area contributed by atoms with Gasteiger partial charge in [-0.15, -0.1) is 0 Å². The van der Waals surface area contributed by atoms with Crippen LogP contribution in [0.15, 0.2) is 29.4 Å². The summed E-state index contributed by atoms with van der Waals surface area (Å²) in [5.41, 5.74) is -4.55. The molecule has 11 fully saturated rings. The second-order valence-corrected chi connectivity index (χ2v) is 24.1. The van der Waals surface area contributed by atoms with Crippen molar-refractivity contribution in [1.82, 2.24) is 10.3 Å². The first-order valence-electron chi connectivity index (χ1n) is 26.4. The fourth-order valence-corrected chi connectivity index (χ4v) is 14.4. The Hall–Kier alpha value is -2.72. The number of aliphatic hydroxyl groups excluding tert-OH is 1. The summed E-state index contributed by atoms with van der Waals surface area (Å²) in [5.74, 6) is 0.738. The monoisotopic (exact) mass is 1030 g/mol. The van der Waals surface area contributed by atoms with E-state index in [-0.39, 0.29) is 46.8 Å². The number of hydrogen-bond acceptors (Lipinski definition) is 13. The fourth-order valence-electron chi connectivity index (χ4n) is 14.4. The molecule has 2 unspecified atom stereocenters. The summed E-state index contributed by atoms with van der Waals surface area (Å²) in [6.45, 7) is 19.9. The van der Waals surface area contributed by atoms with Gasteiger partial charge in [-0.25, -0.2) is 24.5 Å². The Bertz CT molecular complexity index is 2350. The molecule has 0 amide bonds. The first-order valence-corrected chi connectivity index (χ1v) is 26.4. The Labute approximate surface area is 417 Å². The second kappa shape index (κ2) is 18.8. The van der Waals surface area contributed by atoms with E-state index in [0.717, 1.165) is 69.6 Å². The third-order valence-electron chi connectivity index (χ3n) is 18.1. The zero-order valence-corrected chi connectivity index (χ0v) is 42.9. The van der Waals surface area contributed by atoms with E-state index in [4.69, 9.17) is 48.5 Å². The van der Waals surface area contributed by atoms with E-state index in [0.29, 0.717) is 55.2 Å². The van der Waals surface area contributed by atoms with Gasteiger partial charge in [-0.3, -0.25) is 0 Å². The molecular formula is C53H73F6N3O10. The summed E-state index contributed by atoms with van der Waals surface area (Å²) in [4.78, 5) is 34.4. The number of aromatic nitrogens is 1. The van der Waals surface area contributed by atoms with Crippen molar-refractivity contribution >= 4 is 16.6 Å². The maximum atomic E-state index is 13.2. The molecule has 1 aromatic carbocycles. The van der Waals surface area contributed by atoms with Crippen LogP contribution in [-0.2, 0) is 55.7 Å². The van der Waals surface area contributed by atoms with Crippen molar-refractivity contribution in [3.8, 4) is 0 Å². The van der Waals surface area contributed by atoms with Gasteiger partial charge in [0.15, 0.2) is 23.8 Å². The van der Waals surface area contributed by atoms with Crippen LogP contribution >= 0.6 is 0 Å². The number of nitrogens with one attached hydrogen (secondary N) is 1. The summed E-state index contributed by atoms with van der Waals surface area (Å²) in [6, 6.07) is 3.16. The van der Waals surface area contributed by atoms with Gasteiger partial charge in [0.05, 0.1) is 29.0 Å². The van der Waals surface area contributed by atoms with Crippen LogP contribution in [0.25, 0.3) is 10.9 Å². The number of pyridine rings is 1. The predicted octanol–water partition coefficient (Wildman–Crippen LogP) is 11.5. The van der Waals surface area contributed by atoms with Gasteiger partial charge in [-0.2, -0.15) is 26.3 Å². The highest BCUT2D eigenvalue weighted by Crippen LogP contribution is 2.63. The number of benzene rings is 1. The van der Waals surface area contributed by atoms with E-state index in [1.54, 1.807) is 0 Å². The lowest BCUT2D eigenvalue weighted by molar-refractivity contribution is -0.571. The summed E-state index contributed by atoms with van der Waals surface area (Å²) < 4.78 is 107. The quantitative estimate of drug-likeness (QED) is 0.123. The average molecular weight is 1030 g/mol. The SMILES string of the molecule is C[C@H]1[C@@H](/C(C[C@H]2O[C@@H]3OC4(C)CC[C@H]5[C@H](C)CC[C@@H]([C@H]2C)[C@@]35OO4)=N\OC(C)(C)C)O[C@@H]2OC3(C)CC[C@H]4[C@H](C)CC[C@@H]1[C@@]24OO3.O[C@@H](c1cc(C(F)(F)F)nc2c(C(F)(F)F)cccc12)[C@H]1CCCCN1. The van der Waals surface area contributed by atoms with Gasteiger partial charge in [-0.1, -0.05) is 51.4 Å². The minimum Gasteiger partial charge on any atom is -0.390 e. The minimum atomic E-state index is -4.93. The Kier molecular flexibility index (Phi) is 13.8. The molecule has 4 bridgehead atoms. The lowest BCUT2D eigenvalue weighted by Gasteiger charge is -2.61. The molecule has 13 rings (SSSR count). The minimum absolute atomic E-state index is 0.106. The number of aliphatic hydroxyl groups is 1. The fraction of sp³-hybridized carbons (Fsp3) is 0.811. The Morgan fingerprint density at radius 1 is 0.764 bits per heavy atom. The molecule has 2 saturated carbocycles. The number of hydrogen-bond donors (Lipinski definition) is 2. The van der Waals surface area contributed by atoms with Crippen molar-refractivity contribution in [2.45, 2.75) is 217 Å². The third kappa shape index (κ3) is 9.20. The number of nitrogens with zero attached hydrogens (tertiary/aromatic N) is 2. The maximum Gasteiger partial charge on any atom is 0.433 e. The molecule has 402 valence electrons. The zero-order valence-electron chi connectivity index (χ0n) is 42.9. The molecule has 2 aliphatic carbocycles. The van der Waals surface area contributed by atoms with Crippen LogP contribution in [0.4, 0.5) is 26.3 Å². The lowest BCUT2D eigenvalue weighted by Crippen LogP contribution is -2.71. The van der Waals surface area contributed by atoms with Crippen molar-refractivity contribution in [3.05, 3.63) is 41.1 Å². The molecule has 9 saturated heterocycles. The van der Waals surface area contributed by atoms with E-state index in [9.17, 15) is 31.4 Å². The smallest absolute Gasteiger partial charge is 0.390 e. The molecule has 10 heterocycles. The largest absolute Gasteiger partial charge is 0.433 e. The van der Waals surface area contributed by atoms with Gasteiger partial charge in [0.1, 0.15) is 17.4 Å². The van der Waals surface area contributed by atoms with Crippen LogP contribution in [0.2, 0.25) is 0 Å². The molecule has 2 spiro atoms. The number of para-hydroxylation sites is 1. The Morgan fingerprint density at radius 2 is 1.36 bits per heavy atom. The van der Waals surface area contributed by atoms with Crippen LogP contribution < -0.4 is 5.32 Å². The van der Waals surface area contributed by atoms with Crippen molar-refractivity contribution in [2.75, 3.05) is 6.54 Å². The molecule has 1 aromatic heterocycles. The molecule has 72 heavy (non-hydrogen) atoms.